The van der Waals surface area contributed by atoms with E-state index in [0.29, 0.717) is 56.9 Å². The number of hydrogen-bond donors (Lipinski definition) is 2. The van der Waals surface area contributed by atoms with E-state index in [4.69, 9.17) is 16.2 Å². The Morgan fingerprint density at radius 3 is 2.55 bits per heavy atom. The van der Waals surface area contributed by atoms with Crippen molar-refractivity contribution in [2.24, 2.45) is 5.73 Å². The molecular weight excluding hydrogens is 519 g/mol. The number of nitrogens with zero attached hydrogens (tertiary/aromatic N) is 3. The van der Waals surface area contributed by atoms with Crippen LogP contribution in [0.5, 0.6) is 0 Å². The van der Waals surface area contributed by atoms with Crippen LogP contribution < -0.4 is 11.5 Å². The van der Waals surface area contributed by atoms with Gasteiger partial charge in [0.25, 0.3) is 0 Å². The number of rotatable bonds is 10. The Bertz CT molecular complexity index is 1270. The second-order valence-corrected chi connectivity index (χ2v) is 10.6. The van der Waals surface area contributed by atoms with Gasteiger partial charge in [0.15, 0.2) is 0 Å². The zero-order valence-electron chi connectivity index (χ0n) is 23.1. The number of methoxy groups -OCH3 is 1. The molecule has 3 heterocycles. The summed E-state index contributed by atoms with van der Waals surface area (Å²) in [4.78, 5) is 19.0. The number of piperidine rings is 1. The Balaban J connectivity index is 1.40. The highest BCUT2D eigenvalue weighted by Crippen LogP contribution is 2.40. The van der Waals surface area contributed by atoms with Gasteiger partial charge in [0.2, 0.25) is 5.91 Å². The largest absolute Gasteiger partial charge is 0.418 e. The SMILES string of the molecule is COCCCn1c(C)cc(C(F)(F)F)c1C1CCCN(C(=O)CC(N)Cc2ccc(-c3ccc(N)nc3)cc2)C1. The van der Waals surface area contributed by atoms with Crippen molar-refractivity contribution in [1.82, 2.24) is 14.5 Å². The molecule has 4 N–H and O–H groups in total. The number of anilines is 1. The molecule has 1 amide bonds. The average molecular weight is 558 g/mol. The highest BCUT2D eigenvalue weighted by atomic mass is 19.4. The number of carbonyl (C=O) groups excluding carboxylic acids is 1. The second kappa shape index (κ2) is 12.9. The summed E-state index contributed by atoms with van der Waals surface area (Å²) in [5.41, 5.74) is 15.2. The maximum Gasteiger partial charge on any atom is 0.418 e. The van der Waals surface area contributed by atoms with Gasteiger partial charge < -0.3 is 25.7 Å². The minimum absolute atomic E-state index is 0.121. The van der Waals surface area contributed by atoms with Gasteiger partial charge in [-0.15, -0.1) is 0 Å². The van der Waals surface area contributed by atoms with E-state index in [1.165, 1.54) is 6.07 Å². The number of halogens is 3. The minimum Gasteiger partial charge on any atom is -0.385 e. The Morgan fingerprint density at radius 1 is 1.18 bits per heavy atom. The molecule has 0 radical (unpaired) electrons. The van der Waals surface area contributed by atoms with E-state index in [1.54, 1.807) is 35.8 Å². The lowest BCUT2D eigenvalue weighted by Gasteiger charge is -2.35. The predicted molar refractivity (Wildman–Crippen MR) is 150 cm³/mol. The molecule has 0 saturated carbocycles. The maximum atomic E-state index is 14.0. The fraction of sp³-hybridized carbons (Fsp3) is 0.467. The molecule has 1 aromatic carbocycles. The quantitative estimate of drug-likeness (QED) is 0.336. The second-order valence-electron chi connectivity index (χ2n) is 10.6. The summed E-state index contributed by atoms with van der Waals surface area (Å²) in [5.74, 6) is -0.0512. The number of carbonyl (C=O) groups is 1. The van der Waals surface area contributed by atoms with Crippen LogP contribution in [0.15, 0.2) is 48.7 Å². The first kappa shape index (κ1) is 29.6. The Labute approximate surface area is 233 Å². The molecule has 2 atom stereocenters. The van der Waals surface area contributed by atoms with Crippen molar-refractivity contribution in [2.45, 2.75) is 63.7 Å². The van der Waals surface area contributed by atoms with Gasteiger partial charge in [0.1, 0.15) is 5.82 Å². The Hall–Kier alpha value is -3.37. The van der Waals surface area contributed by atoms with Gasteiger partial charge in [0, 0.05) is 74.9 Å². The molecule has 0 spiro atoms. The smallest absolute Gasteiger partial charge is 0.385 e. The van der Waals surface area contributed by atoms with Crippen molar-refractivity contribution in [1.29, 1.82) is 0 Å². The lowest BCUT2D eigenvalue weighted by atomic mass is 9.91. The molecule has 216 valence electrons. The highest BCUT2D eigenvalue weighted by Gasteiger charge is 2.40. The van der Waals surface area contributed by atoms with Gasteiger partial charge in [-0.2, -0.15) is 13.2 Å². The number of aromatic nitrogens is 2. The van der Waals surface area contributed by atoms with Crippen molar-refractivity contribution in [3.05, 3.63) is 71.2 Å². The third kappa shape index (κ3) is 7.22. The number of benzene rings is 1. The average Bonchev–Trinajstić information content (AvgIpc) is 3.26. The van der Waals surface area contributed by atoms with Gasteiger partial charge in [-0.25, -0.2) is 4.98 Å². The highest BCUT2D eigenvalue weighted by molar-refractivity contribution is 5.77. The number of nitrogen functional groups attached to an aromatic ring is 1. The molecule has 1 aliphatic heterocycles. The number of alkyl halides is 3. The van der Waals surface area contributed by atoms with E-state index in [0.717, 1.165) is 16.7 Å². The van der Waals surface area contributed by atoms with Crippen molar-refractivity contribution in [3.63, 3.8) is 0 Å². The normalized spacial score (nSPS) is 16.8. The van der Waals surface area contributed by atoms with Gasteiger partial charge >= 0.3 is 6.18 Å². The van der Waals surface area contributed by atoms with Crippen molar-refractivity contribution in [3.8, 4) is 11.1 Å². The van der Waals surface area contributed by atoms with E-state index in [-0.39, 0.29) is 24.6 Å². The molecule has 2 aromatic heterocycles. The van der Waals surface area contributed by atoms with Crippen molar-refractivity contribution >= 4 is 11.7 Å². The van der Waals surface area contributed by atoms with Crippen molar-refractivity contribution in [2.75, 3.05) is 32.5 Å². The minimum atomic E-state index is -4.46. The number of likely N-dealkylation sites (tertiary alicyclic amines) is 1. The van der Waals surface area contributed by atoms with E-state index >= 15 is 0 Å². The molecule has 0 bridgehead atoms. The first-order valence-electron chi connectivity index (χ1n) is 13.7. The van der Waals surface area contributed by atoms with E-state index < -0.39 is 23.7 Å². The fourth-order valence-electron chi connectivity index (χ4n) is 5.59. The maximum absolute atomic E-state index is 14.0. The summed E-state index contributed by atoms with van der Waals surface area (Å²) in [7, 11) is 1.58. The zero-order chi connectivity index (χ0) is 28.9. The van der Waals surface area contributed by atoms with Crippen LogP contribution >= 0.6 is 0 Å². The molecular formula is C30H38F3N5O2. The van der Waals surface area contributed by atoms with Gasteiger partial charge in [0.05, 0.1) is 5.56 Å². The fourth-order valence-corrected chi connectivity index (χ4v) is 5.59. The number of nitrogens with two attached hydrogens (primary N) is 2. The molecule has 4 rings (SSSR count). The summed E-state index contributed by atoms with van der Waals surface area (Å²) < 4.78 is 48.9. The summed E-state index contributed by atoms with van der Waals surface area (Å²) in [6.07, 6.45) is -0.232. The van der Waals surface area contributed by atoms with Crippen LogP contribution in [-0.4, -0.2) is 53.2 Å². The number of hydrogen-bond acceptors (Lipinski definition) is 5. The van der Waals surface area contributed by atoms with Crippen LogP contribution in [0.3, 0.4) is 0 Å². The molecule has 1 aliphatic rings. The Morgan fingerprint density at radius 2 is 1.90 bits per heavy atom. The van der Waals surface area contributed by atoms with Crippen LogP contribution in [0.25, 0.3) is 11.1 Å². The first-order valence-corrected chi connectivity index (χ1v) is 13.7. The summed E-state index contributed by atoms with van der Waals surface area (Å²) in [6.45, 7) is 3.39. The summed E-state index contributed by atoms with van der Waals surface area (Å²) in [6, 6.07) is 12.4. The molecule has 1 fully saturated rings. The van der Waals surface area contributed by atoms with Gasteiger partial charge in [-0.3, -0.25) is 4.79 Å². The third-order valence-corrected chi connectivity index (χ3v) is 7.55. The molecule has 7 nitrogen and oxygen atoms in total. The molecule has 10 heteroatoms. The predicted octanol–water partition coefficient (Wildman–Crippen LogP) is 5.16. The summed E-state index contributed by atoms with van der Waals surface area (Å²) in [5, 5.41) is 0. The molecule has 3 aromatic rings. The van der Waals surface area contributed by atoms with Crippen LogP contribution in [0.2, 0.25) is 0 Å². The molecule has 0 aliphatic carbocycles. The summed E-state index contributed by atoms with van der Waals surface area (Å²) >= 11 is 0. The van der Waals surface area contributed by atoms with Crippen LogP contribution in [0.1, 0.15) is 54.1 Å². The molecule has 40 heavy (non-hydrogen) atoms. The lowest BCUT2D eigenvalue weighted by molar-refractivity contribution is -0.138. The number of amides is 1. The van der Waals surface area contributed by atoms with Gasteiger partial charge in [-0.05, 0) is 61.9 Å². The molecule has 1 saturated heterocycles. The number of ether oxygens (including phenoxy) is 1. The zero-order valence-corrected chi connectivity index (χ0v) is 23.1. The third-order valence-electron chi connectivity index (χ3n) is 7.55. The number of aryl methyl sites for hydroxylation is 1. The number of pyridine rings is 1. The molecule has 2 unspecified atom stereocenters. The van der Waals surface area contributed by atoms with Gasteiger partial charge in [-0.1, -0.05) is 24.3 Å². The standard InChI is InChI=1S/C30H38F3N5O2/c1-20-15-26(30(31,32)33)29(38(20)13-4-14-40-2)24-5-3-12-37(19-24)28(39)17-25(34)16-21-6-8-22(9-7-21)23-10-11-27(35)36-18-23/h6-11,15,18,24-25H,3-5,12-14,16-17,19,34H2,1-2H3,(H2,35,36). The topological polar surface area (TPSA) is 99.4 Å². The van der Waals surface area contributed by atoms with E-state index in [9.17, 15) is 18.0 Å². The van der Waals surface area contributed by atoms with Crippen LogP contribution in [0, 0.1) is 6.92 Å². The van der Waals surface area contributed by atoms with E-state index in [1.807, 2.05) is 30.3 Å². The van der Waals surface area contributed by atoms with Crippen LogP contribution in [-0.2, 0) is 28.7 Å². The van der Waals surface area contributed by atoms with Crippen molar-refractivity contribution < 1.29 is 22.7 Å². The van der Waals surface area contributed by atoms with Crippen LogP contribution in [0.4, 0.5) is 19.0 Å². The first-order chi connectivity index (χ1) is 19.1. The Kier molecular flexibility index (Phi) is 9.52. The lowest BCUT2D eigenvalue weighted by Crippen LogP contribution is -2.42. The van der Waals surface area contributed by atoms with E-state index in [2.05, 4.69) is 4.98 Å². The monoisotopic (exact) mass is 557 g/mol.